The molecule has 1 aliphatic rings. The Hall–Kier alpha value is -3.51. The van der Waals surface area contributed by atoms with Gasteiger partial charge in [0.05, 0.1) is 0 Å². The van der Waals surface area contributed by atoms with Crippen molar-refractivity contribution in [1.29, 1.82) is 0 Å². The molecule has 3 aromatic carbocycles. The van der Waals surface area contributed by atoms with Gasteiger partial charge in [-0.05, 0) is 79.3 Å². The summed E-state index contributed by atoms with van der Waals surface area (Å²) in [5, 5.41) is 22.3. The number of ether oxygens (including phenoxy) is 1. The average Bonchev–Trinajstić information content (AvgIpc) is 3.22. The summed E-state index contributed by atoms with van der Waals surface area (Å²) < 4.78 is 6.23. The number of anilines is 1. The number of carboxylic acids is 1. The fourth-order valence-electron chi connectivity index (χ4n) is 3.91. The standard InChI is InChI=1S/C24H20ClNO5/c1-13-10-20(26-23(28)24(29)30)17-6-3-7-18(17)22(13)31-16-8-9-21(27)19(12-16)14-4-2-5-15(25)11-14/h2,4-5,8-12,27H,3,6-7H2,1H3,(H,26,28)(H,29,30). The molecule has 0 bridgehead atoms. The molecule has 0 aliphatic heterocycles. The van der Waals surface area contributed by atoms with Crippen LogP contribution in [0, 0.1) is 6.92 Å². The van der Waals surface area contributed by atoms with Crippen molar-refractivity contribution in [2.45, 2.75) is 26.2 Å². The molecule has 31 heavy (non-hydrogen) atoms. The van der Waals surface area contributed by atoms with Crippen LogP contribution in [0.3, 0.4) is 0 Å². The number of carboxylic acid groups (broad SMARTS) is 1. The zero-order valence-electron chi connectivity index (χ0n) is 16.7. The van der Waals surface area contributed by atoms with E-state index in [0.717, 1.165) is 41.5 Å². The molecule has 0 unspecified atom stereocenters. The van der Waals surface area contributed by atoms with Gasteiger partial charge in [0.1, 0.15) is 17.2 Å². The van der Waals surface area contributed by atoms with E-state index >= 15 is 0 Å². The van der Waals surface area contributed by atoms with Crippen molar-refractivity contribution < 1.29 is 24.5 Å². The minimum Gasteiger partial charge on any atom is -0.507 e. The van der Waals surface area contributed by atoms with Gasteiger partial charge in [0, 0.05) is 21.8 Å². The van der Waals surface area contributed by atoms with Crippen LogP contribution in [0.2, 0.25) is 5.02 Å². The average molecular weight is 438 g/mol. The van der Waals surface area contributed by atoms with Gasteiger partial charge in [0.2, 0.25) is 0 Å². The van der Waals surface area contributed by atoms with E-state index in [1.165, 1.54) is 0 Å². The molecule has 7 heteroatoms. The van der Waals surface area contributed by atoms with Gasteiger partial charge in [0.25, 0.3) is 0 Å². The molecule has 3 aromatic rings. The Kier molecular flexibility index (Phi) is 5.57. The number of nitrogens with one attached hydrogen (secondary N) is 1. The lowest BCUT2D eigenvalue weighted by Crippen LogP contribution is -2.22. The van der Waals surface area contributed by atoms with Crippen LogP contribution in [0.15, 0.2) is 48.5 Å². The Balaban J connectivity index is 1.71. The molecule has 0 aromatic heterocycles. The van der Waals surface area contributed by atoms with E-state index in [-0.39, 0.29) is 5.75 Å². The number of halogens is 1. The first-order valence-corrected chi connectivity index (χ1v) is 10.2. The summed E-state index contributed by atoms with van der Waals surface area (Å²) in [6.45, 7) is 1.85. The number of phenols is 1. The van der Waals surface area contributed by atoms with Gasteiger partial charge in [0.15, 0.2) is 0 Å². The molecule has 0 saturated heterocycles. The van der Waals surface area contributed by atoms with Crippen LogP contribution in [0.5, 0.6) is 17.2 Å². The first kappa shape index (κ1) is 20.8. The molecule has 3 N–H and O–H groups in total. The van der Waals surface area contributed by atoms with Gasteiger partial charge in [-0.1, -0.05) is 23.7 Å². The van der Waals surface area contributed by atoms with E-state index in [9.17, 15) is 14.7 Å². The number of aliphatic carboxylic acids is 1. The number of carbonyl (C=O) groups excluding carboxylic acids is 1. The highest BCUT2D eigenvalue weighted by Crippen LogP contribution is 2.42. The third kappa shape index (κ3) is 4.20. The summed E-state index contributed by atoms with van der Waals surface area (Å²) in [5.41, 5.74) is 4.50. The third-order valence-electron chi connectivity index (χ3n) is 5.30. The van der Waals surface area contributed by atoms with Gasteiger partial charge in [-0.25, -0.2) is 4.79 Å². The fraction of sp³-hybridized carbons (Fsp3) is 0.167. The van der Waals surface area contributed by atoms with Crippen molar-refractivity contribution in [3.63, 3.8) is 0 Å². The SMILES string of the molecule is Cc1cc(NC(=O)C(=O)O)c2c(c1Oc1ccc(O)c(-c3cccc(Cl)c3)c1)CCC2. The maximum atomic E-state index is 11.7. The van der Waals surface area contributed by atoms with Crippen LogP contribution in [0.25, 0.3) is 11.1 Å². The highest BCUT2D eigenvalue weighted by Gasteiger charge is 2.24. The number of phenolic OH excluding ortho intramolecular Hbond substituents is 1. The smallest absolute Gasteiger partial charge is 0.394 e. The summed E-state index contributed by atoms with van der Waals surface area (Å²) in [6.07, 6.45) is 2.38. The minimum absolute atomic E-state index is 0.114. The Bertz CT molecular complexity index is 1200. The minimum atomic E-state index is -1.53. The maximum Gasteiger partial charge on any atom is 0.394 e. The van der Waals surface area contributed by atoms with Crippen LogP contribution < -0.4 is 10.1 Å². The first-order chi connectivity index (χ1) is 14.8. The number of aromatic hydroxyl groups is 1. The van der Waals surface area contributed by atoms with Gasteiger partial charge < -0.3 is 20.3 Å². The van der Waals surface area contributed by atoms with Crippen molar-refractivity contribution in [3.8, 4) is 28.4 Å². The third-order valence-corrected chi connectivity index (χ3v) is 5.54. The molecule has 158 valence electrons. The summed E-state index contributed by atoms with van der Waals surface area (Å²) in [4.78, 5) is 22.6. The lowest BCUT2D eigenvalue weighted by atomic mass is 10.0. The number of hydrogen-bond donors (Lipinski definition) is 3. The lowest BCUT2D eigenvalue weighted by Gasteiger charge is -2.18. The zero-order valence-corrected chi connectivity index (χ0v) is 17.5. The second-order valence-electron chi connectivity index (χ2n) is 7.43. The summed E-state index contributed by atoms with van der Waals surface area (Å²) in [5.74, 6) is -1.24. The number of carbonyl (C=O) groups is 2. The Labute approximate surface area is 184 Å². The summed E-state index contributed by atoms with van der Waals surface area (Å²) in [7, 11) is 0. The Morgan fingerprint density at radius 3 is 2.58 bits per heavy atom. The van der Waals surface area contributed by atoms with Crippen LogP contribution in [-0.4, -0.2) is 22.1 Å². The van der Waals surface area contributed by atoms with E-state index in [4.69, 9.17) is 21.4 Å². The molecule has 4 rings (SSSR count). The number of aryl methyl sites for hydroxylation is 1. The van der Waals surface area contributed by atoms with Crippen LogP contribution >= 0.6 is 11.6 Å². The van der Waals surface area contributed by atoms with E-state index in [1.807, 2.05) is 19.1 Å². The molecular formula is C24H20ClNO5. The number of benzene rings is 3. The molecule has 1 aliphatic carbocycles. The fourth-order valence-corrected chi connectivity index (χ4v) is 4.10. The highest BCUT2D eigenvalue weighted by atomic mass is 35.5. The van der Waals surface area contributed by atoms with Gasteiger partial charge >= 0.3 is 11.9 Å². The second-order valence-corrected chi connectivity index (χ2v) is 7.87. The molecule has 0 heterocycles. The molecule has 0 saturated carbocycles. The first-order valence-electron chi connectivity index (χ1n) is 9.80. The number of hydrogen-bond acceptors (Lipinski definition) is 4. The van der Waals surface area contributed by atoms with Crippen molar-refractivity contribution >= 4 is 29.2 Å². The van der Waals surface area contributed by atoms with E-state index in [0.29, 0.717) is 27.8 Å². The summed E-state index contributed by atoms with van der Waals surface area (Å²) >= 11 is 6.09. The lowest BCUT2D eigenvalue weighted by molar-refractivity contribution is -0.147. The number of fused-ring (bicyclic) bond motifs is 1. The topological polar surface area (TPSA) is 95.9 Å². The van der Waals surface area contributed by atoms with Gasteiger partial charge in [-0.3, -0.25) is 4.79 Å². The zero-order chi connectivity index (χ0) is 22.1. The molecule has 0 fully saturated rings. The van der Waals surface area contributed by atoms with E-state index in [2.05, 4.69) is 5.32 Å². The molecular weight excluding hydrogens is 418 g/mol. The van der Waals surface area contributed by atoms with E-state index in [1.54, 1.807) is 36.4 Å². The normalized spacial score (nSPS) is 12.3. The molecule has 1 amide bonds. The van der Waals surface area contributed by atoms with Crippen molar-refractivity contribution in [2.24, 2.45) is 0 Å². The maximum absolute atomic E-state index is 11.7. The monoisotopic (exact) mass is 437 g/mol. The molecule has 6 nitrogen and oxygen atoms in total. The predicted molar refractivity (Wildman–Crippen MR) is 118 cm³/mol. The van der Waals surface area contributed by atoms with E-state index < -0.39 is 11.9 Å². The quantitative estimate of drug-likeness (QED) is 0.480. The molecule has 0 atom stereocenters. The predicted octanol–water partition coefficient (Wildman–Crippen LogP) is 5.33. The van der Waals surface area contributed by atoms with Crippen molar-refractivity contribution in [3.05, 3.63) is 70.2 Å². The van der Waals surface area contributed by atoms with Gasteiger partial charge in [-0.15, -0.1) is 0 Å². The van der Waals surface area contributed by atoms with Crippen LogP contribution in [0.4, 0.5) is 5.69 Å². The Morgan fingerprint density at radius 2 is 1.84 bits per heavy atom. The largest absolute Gasteiger partial charge is 0.507 e. The number of rotatable bonds is 4. The van der Waals surface area contributed by atoms with Crippen molar-refractivity contribution in [1.82, 2.24) is 0 Å². The number of amides is 1. The van der Waals surface area contributed by atoms with Crippen LogP contribution in [0.1, 0.15) is 23.1 Å². The second kappa shape index (κ2) is 8.32. The Morgan fingerprint density at radius 1 is 1.06 bits per heavy atom. The van der Waals surface area contributed by atoms with Crippen molar-refractivity contribution in [2.75, 3.05) is 5.32 Å². The summed E-state index contributed by atoms with van der Waals surface area (Å²) in [6, 6.07) is 13.9. The molecule has 0 radical (unpaired) electrons. The van der Waals surface area contributed by atoms with Gasteiger partial charge in [-0.2, -0.15) is 0 Å². The molecule has 0 spiro atoms. The highest BCUT2D eigenvalue weighted by molar-refractivity contribution is 6.36. The van der Waals surface area contributed by atoms with Crippen LogP contribution in [-0.2, 0) is 22.4 Å².